The Labute approximate surface area is 302 Å². The first-order valence-electron chi connectivity index (χ1n) is 18.1. The Bertz CT molecular complexity index is 1570. The minimum Gasteiger partial charge on any atom is -0.508 e. The summed E-state index contributed by atoms with van der Waals surface area (Å²) < 4.78 is 0. The fourth-order valence-corrected chi connectivity index (χ4v) is 7.98. The third-order valence-electron chi connectivity index (χ3n) is 11.2. The number of nitrogens with one attached hydrogen (secondary N) is 3. The van der Waals surface area contributed by atoms with Crippen LogP contribution in [-0.2, 0) is 40.0 Å². The van der Waals surface area contributed by atoms with Crippen LogP contribution in [0.15, 0.2) is 24.3 Å². The van der Waals surface area contributed by atoms with Crippen molar-refractivity contribution < 1.29 is 43.8 Å². The van der Waals surface area contributed by atoms with Gasteiger partial charge in [0.25, 0.3) is 0 Å². The molecule has 4 aliphatic rings. The van der Waals surface area contributed by atoms with Crippen molar-refractivity contribution in [2.75, 3.05) is 13.1 Å². The number of hydrogen-bond donors (Lipinski definition) is 7. The number of phenols is 1. The number of phenolic OH excluding ortho intramolecular Hbond substituents is 1. The van der Waals surface area contributed by atoms with Crippen LogP contribution in [0, 0.1) is 17.3 Å². The van der Waals surface area contributed by atoms with Crippen molar-refractivity contribution in [2.24, 2.45) is 28.7 Å². The average Bonchev–Trinajstić information content (AvgIpc) is 3.35. The molecule has 1 saturated carbocycles. The van der Waals surface area contributed by atoms with E-state index >= 15 is 0 Å². The van der Waals surface area contributed by atoms with Crippen LogP contribution >= 0.6 is 0 Å². The largest absolute Gasteiger partial charge is 0.508 e. The maximum Gasteiger partial charge on any atom is 0.303 e. The number of nitrogens with two attached hydrogens (primary N) is 2. The number of carboxylic acids is 1. The number of piperidine rings is 1. The molecule has 1 aromatic rings. The van der Waals surface area contributed by atoms with E-state index in [1.165, 1.54) is 9.80 Å². The number of primary amides is 1. The van der Waals surface area contributed by atoms with Gasteiger partial charge in [0, 0.05) is 38.0 Å². The predicted molar refractivity (Wildman–Crippen MR) is 186 cm³/mol. The summed E-state index contributed by atoms with van der Waals surface area (Å²) >= 11 is 0. The number of aliphatic carboxylic acids is 1. The van der Waals surface area contributed by atoms with Crippen LogP contribution < -0.4 is 27.4 Å². The molecular formula is C36H51N7O9. The molecule has 2 unspecified atom stereocenters. The first kappa shape index (κ1) is 38.5. The second-order valence-electron chi connectivity index (χ2n) is 15.4. The lowest BCUT2D eigenvalue weighted by molar-refractivity contribution is -0.147. The lowest BCUT2D eigenvalue weighted by atomic mass is 9.92. The summed E-state index contributed by atoms with van der Waals surface area (Å²) in [7, 11) is 0. The van der Waals surface area contributed by atoms with Gasteiger partial charge >= 0.3 is 5.97 Å². The standard InChI is InChI=1S/C36H51N7O9/c1-36(2)16-24(36)30(31(38)48)41-32(49)25(11-14-29(46)47)40-34(51)27-13-8-22-7-6-20(35(52)43(22)27)17-39-33(50)26(42-18-21(37)15-28(42)45)12-5-19-3-9-23(44)10-4-19/h3-4,9-10,20-22,24-27,30,44H,5-8,11-18,37H2,1-2H3,(H2,38,48)(H,39,50)(H,40,51)(H,41,49)(H,46,47)/t20-,21+,22+,24?,25+,26+,27?,30+/m0/s1. The Kier molecular flexibility index (Phi) is 11.8. The van der Waals surface area contributed by atoms with Gasteiger partial charge in [-0.15, -0.1) is 0 Å². The third-order valence-corrected chi connectivity index (χ3v) is 11.2. The lowest BCUT2D eigenvalue weighted by Crippen LogP contribution is -2.59. The highest BCUT2D eigenvalue weighted by molar-refractivity contribution is 5.95. The molecule has 16 nitrogen and oxygen atoms in total. The summed E-state index contributed by atoms with van der Waals surface area (Å²) in [6.07, 6.45) is 2.89. The molecule has 4 fully saturated rings. The van der Waals surface area contributed by atoms with Crippen molar-refractivity contribution in [1.82, 2.24) is 25.8 Å². The Hall–Kier alpha value is -4.73. The highest BCUT2D eigenvalue weighted by Gasteiger charge is 2.53. The van der Waals surface area contributed by atoms with E-state index in [9.17, 15) is 43.8 Å². The summed E-state index contributed by atoms with van der Waals surface area (Å²) in [6.45, 7) is 4.11. The lowest BCUT2D eigenvalue weighted by Gasteiger charge is -2.38. The number of nitrogens with zero attached hydrogens (tertiary/aromatic N) is 2. The van der Waals surface area contributed by atoms with E-state index < -0.39 is 72.1 Å². The van der Waals surface area contributed by atoms with Crippen LogP contribution in [-0.4, -0.2) is 111 Å². The zero-order valence-electron chi connectivity index (χ0n) is 29.7. The zero-order valence-corrected chi connectivity index (χ0v) is 29.7. The van der Waals surface area contributed by atoms with Gasteiger partial charge in [0.1, 0.15) is 29.9 Å². The molecule has 3 saturated heterocycles. The molecule has 3 aliphatic heterocycles. The first-order chi connectivity index (χ1) is 24.5. The van der Waals surface area contributed by atoms with Gasteiger partial charge in [-0.1, -0.05) is 26.0 Å². The van der Waals surface area contributed by atoms with Crippen molar-refractivity contribution in [3.8, 4) is 5.75 Å². The zero-order chi connectivity index (χ0) is 37.9. The molecule has 284 valence electrons. The molecule has 0 spiro atoms. The number of hydrogen-bond acceptors (Lipinski definition) is 9. The van der Waals surface area contributed by atoms with Crippen LogP contribution in [0.4, 0.5) is 0 Å². The maximum atomic E-state index is 13.9. The molecule has 3 heterocycles. The normalized spacial score (nSPS) is 26.6. The molecule has 1 aliphatic carbocycles. The van der Waals surface area contributed by atoms with Gasteiger partial charge in [-0.3, -0.25) is 33.6 Å². The van der Waals surface area contributed by atoms with Crippen molar-refractivity contribution in [1.29, 1.82) is 0 Å². The van der Waals surface area contributed by atoms with Gasteiger partial charge in [-0.25, -0.2) is 0 Å². The van der Waals surface area contributed by atoms with Gasteiger partial charge in [-0.2, -0.15) is 0 Å². The fourth-order valence-electron chi connectivity index (χ4n) is 7.98. The number of rotatable bonds is 16. The van der Waals surface area contributed by atoms with E-state index in [0.717, 1.165) is 5.56 Å². The molecule has 5 rings (SSSR count). The van der Waals surface area contributed by atoms with Crippen LogP contribution in [0.25, 0.3) is 0 Å². The summed E-state index contributed by atoms with van der Waals surface area (Å²) in [5.41, 5.74) is 12.3. The van der Waals surface area contributed by atoms with Crippen molar-refractivity contribution >= 4 is 41.4 Å². The maximum absolute atomic E-state index is 13.9. The van der Waals surface area contributed by atoms with E-state index in [4.69, 9.17) is 11.5 Å². The number of benzene rings is 1. The molecule has 16 heteroatoms. The number of carboxylic acid groups (broad SMARTS) is 1. The van der Waals surface area contributed by atoms with Crippen molar-refractivity contribution in [3.05, 3.63) is 29.8 Å². The second kappa shape index (κ2) is 15.9. The number of amides is 6. The summed E-state index contributed by atoms with van der Waals surface area (Å²) in [5.74, 6) is -4.87. The average molecular weight is 726 g/mol. The van der Waals surface area contributed by atoms with Gasteiger partial charge < -0.3 is 47.4 Å². The third kappa shape index (κ3) is 9.00. The van der Waals surface area contributed by atoms with Gasteiger partial charge in [0.15, 0.2) is 0 Å². The highest BCUT2D eigenvalue weighted by atomic mass is 16.4. The summed E-state index contributed by atoms with van der Waals surface area (Å²) in [5, 5.41) is 27.1. The van der Waals surface area contributed by atoms with Crippen LogP contribution in [0.2, 0.25) is 0 Å². The van der Waals surface area contributed by atoms with Gasteiger partial charge in [0.05, 0.1) is 5.92 Å². The topological polar surface area (TPSA) is 255 Å². The molecular weight excluding hydrogens is 674 g/mol. The highest BCUT2D eigenvalue weighted by Crippen LogP contribution is 2.53. The molecule has 9 N–H and O–H groups in total. The smallest absolute Gasteiger partial charge is 0.303 e. The summed E-state index contributed by atoms with van der Waals surface area (Å²) in [6, 6.07) is 2.01. The van der Waals surface area contributed by atoms with Crippen molar-refractivity contribution in [3.63, 3.8) is 0 Å². The number of aromatic hydroxyl groups is 1. The van der Waals surface area contributed by atoms with Crippen molar-refractivity contribution in [2.45, 2.75) is 114 Å². The number of carbonyl (C=O) groups is 7. The molecule has 0 aromatic heterocycles. The Morgan fingerprint density at radius 2 is 1.65 bits per heavy atom. The number of aryl methyl sites for hydroxylation is 1. The monoisotopic (exact) mass is 725 g/mol. The predicted octanol–water partition coefficient (Wildman–Crippen LogP) is -0.495. The fraction of sp³-hybridized carbons (Fsp3) is 0.639. The van der Waals surface area contributed by atoms with Gasteiger partial charge in [-0.05, 0) is 80.4 Å². The molecule has 1 aromatic carbocycles. The van der Waals surface area contributed by atoms with E-state index in [2.05, 4.69) is 16.0 Å². The minimum absolute atomic E-state index is 0.00528. The Morgan fingerprint density at radius 1 is 0.981 bits per heavy atom. The van der Waals surface area contributed by atoms with E-state index in [1.54, 1.807) is 24.3 Å². The van der Waals surface area contributed by atoms with E-state index in [1.807, 2.05) is 13.8 Å². The molecule has 6 amide bonds. The Balaban J connectivity index is 1.22. The molecule has 0 bridgehead atoms. The minimum atomic E-state index is -1.28. The Morgan fingerprint density at radius 3 is 2.25 bits per heavy atom. The first-order valence-corrected chi connectivity index (χ1v) is 18.1. The quantitative estimate of drug-likeness (QED) is 0.115. The van der Waals surface area contributed by atoms with Crippen LogP contribution in [0.5, 0.6) is 5.75 Å². The van der Waals surface area contributed by atoms with Crippen LogP contribution in [0.1, 0.15) is 77.2 Å². The van der Waals surface area contributed by atoms with E-state index in [-0.39, 0.29) is 60.9 Å². The van der Waals surface area contributed by atoms with Gasteiger partial charge in [0.2, 0.25) is 35.4 Å². The van der Waals surface area contributed by atoms with Crippen LogP contribution in [0.3, 0.4) is 0 Å². The molecule has 52 heavy (non-hydrogen) atoms. The molecule has 8 atom stereocenters. The second-order valence-corrected chi connectivity index (χ2v) is 15.4. The molecule has 0 radical (unpaired) electrons. The number of likely N-dealkylation sites (tertiary alicyclic amines) is 1. The van der Waals surface area contributed by atoms with E-state index in [0.29, 0.717) is 44.9 Å². The SMILES string of the molecule is CC1(C)CC1[C@@H](NC(=O)[C@@H](CCC(=O)O)NC(=O)C1CC[C@H]2CC[C@@H](CNC(=O)[C@@H](CCc3ccc(O)cc3)N3C[C@H](N)CC3=O)C(=O)N12)C(N)=O. The summed E-state index contributed by atoms with van der Waals surface area (Å²) in [4.78, 5) is 93.9. The number of carbonyl (C=O) groups excluding carboxylic acids is 6. The number of fused-ring (bicyclic) bond motifs is 1.